The summed E-state index contributed by atoms with van der Waals surface area (Å²) in [7, 11) is 0. The van der Waals surface area contributed by atoms with E-state index in [1.165, 1.54) is 44.1 Å². The van der Waals surface area contributed by atoms with Crippen molar-refractivity contribution in [2.45, 2.75) is 116 Å². The molecule has 4 aliphatic rings. The second-order valence-corrected chi connectivity index (χ2v) is 12.1. The lowest BCUT2D eigenvalue weighted by molar-refractivity contribution is 0.0368. The highest BCUT2D eigenvalue weighted by atomic mass is 16.5. The summed E-state index contributed by atoms with van der Waals surface area (Å²) in [6, 6.07) is 0. The summed E-state index contributed by atoms with van der Waals surface area (Å²) in [5.41, 5.74) is 3.99. The zero-order valence-electron chi connectivity index (χ0n) is 20.9. The van der Waals surface area contributed by atoms with Crippen LogP contribution >= 0.6 is 0 Å². The Morgan fingerprint density at radius 2 is 2.06 bits per heavy atom. The van der Waals surface area contributed by atoms with Gasteiger partial charge in [0.15, 0.2) is 0 Å². The first-order valence-electron chi connectivity index (χ1n) is 13.3. The summed E-state index contributed by atoms with van der Waals surface area (Å²) in [5.74, 6) is 2.24. The third kappa shape index (κ3) is 5.26. The second-order valence-electron chi connectivity index (χ2n) is 12.1. The van der Waals surface area contributed by atoms with E-state index >= 15 is 0 Å². The van der Waals surface area contributed by atoms with Crippen LogP contribution in [0.25, 0.3) is 0 Å². The van der Waals surface area contributed by atoms with Gasteiger partial charge in [-0.25, -0.2) is 0 Å². The van der Waals surface area contributed by atoms with E-state index in [0.717, 1.165) is 56.1 Å². The van der Waals surface area contributed by atoms with Gasteiger partial charge in [-0.2, -0.15) is 0 Å². The predicted molar refractivity (Wildman–Crippen MR) is 131 cm³/mol. The molecule has 0 amide bonds. The highest BCUT2D eigenvalue weighted by molar-refractivity contribution is 5.31. The first kappa shape index (κ1) is 24.2. The molecule has 6 atom stereocenters. The second kappa shape index (κ2) is 9.76. The molecule has 0 aromatic carbocycles. The minimum Gasteiger partial charge on any atom is -0.390 e. The Bertz CT molecular complexity index is 755. The molecule has 4 rings (SSSR count). The fourth-order valence-electron chi connectivity index (χ4n) is 7.51. The molecule has 1 aliphatic heterocycles. The van der Waals surface area contributed by atoms with Crippen LogP contribution < -0.4 is 0 Å². The van der Waals surface area contributed by atoms with Gasteiger partial charge in [-0.3, -0.25) is 0 Å². The third-order valence-electron chi connectivity index (χ3n) is 9.18. The molecule has 0 bridgehead atoms. The van der Waals surface area contributed by atoms with Crippen molar-refractivity contribution in [1.29, 1.82) is 0 Å². The molecular weight excluding hydrogens is 396 g/mol. The Kier molecular flexibility index (Phi) is 7.39. The first-order chi connectivity index (χ1) is 15.2. The van der Waals surface area contributed by atoms with E-state index in [1.54, 1.807) is 5.57 Å². The smallest absolute Gasteiger partial charge is 0.0847 e. The third-order valence-corrected chi connectivity index (χ3v) is 9.18. The molecule has 0 spiro atoms. The molecule has 3 aliphatic carbocycles. The molecule has 0 saturated heterocycles. The molecule has 3 nitrogen and oxygen atoms in total. The van der Waals surface area contributed by atoms with Crippen molar-refractivity contribution < 1.29 is 14.9 Å². The Morgan fingerprint density at radius 3 is 2.84 bits per heavy atom. The Labute approximate surface area is 196 Å². The molecule has 0 radical (unpaired) electrons. The minimum absolute atomic E-state index is 0.0920. The van der Waals surface area contributed by atoms with Crippen molar-refractivity contribution in [2.75, 3.05) is 6.61 Å². The van der Waals surface area contributed by atoms with Crippen LogP contribution in [-0.4, -0.2) is 34.6 Å². The summed E-state index contributed by atoms with van der Waals surface area (Å²) in [6.07, 6.45) is 19.1. The van der Waals surface area contributed by atoms with Crippen molar-refractivity contribution in [2.24, 2.45) is 23.2 Å². The Hall–Kier alpha value is -0.900. The van der Waals surface area contributed by atoms with Gasteiger partial charge in [-0.15, -0.1) is 0 Å². The first-order valence-corrected chi connectivity index (χ1v) is 13.3. The summed E-state index contributed by atoms with van der Waals surface area (Å²) in [5, 5.41) is 20.7. The van der Waals surface area contributed by atoms with Crippen LogP contribution in [0.15, 0.2) is 34.9 Å². The van der Waals surface area contributed by atoms with E-state index in [2.05, 4.69) is 32.1 Å². The van der Waals surface area contributed by atoms with Crippen LogP contribution in [0.3, 0.4) is 0 Å². The van der Waals surface area contributed by atoms with E-state index < -0.39 is 5.60 Å². The highest BCUT2D eigenvalue weighted by Crippen LogP contribution is 2.60. The molecule has 2 N–H and O–H groups in total. The summed E-state index contributed by atoms with van der Waals surface area (Å²) in [4.78, 5) is 0. The normalized spacial score (nSPS) is 39.0. The SMILES string of the molecule is C[C@H](CCCC(C)(C)O)C1CCC2/C(=C/C=C3/C[C@@H](O)C4=CCCO[C@@H]4C3)CCC[C@@]21C. The standard InChI is InChI=1S/C29H46O3/c1-20(8-5-15-28(2,3)31)24-13-14-25-22(9-6-16-29(24,25)4)12-11-21-18-26(30)23-10-7-17-32-27(23)19-21/h10-12,20,24-27,30-31H,5-9,13-19H2,1-4H3/b21-11-,22-12+/t20-,24?,25?,26-,27-,29-/m1/s1. The van der Waals surface area contributed by atoms with E-state index in [4.69, 9.17) is 4.74 Å². The van der Waals surface area contributed by atoms with Crippen molar-refractivity contribution >= 4 is 0 Å². The largest absolute Gasteiger partial charge is 0.390 e. The molecule has 3 saturated carbocycles. The quantitative estimate of drug-likeness (QED) is 0.461. The van der Waals surface area contributed by atoms with Crippen LogP contribution in [0.4, 0.5) is 0 Å². The van der Waals surface area contributed by atoms with Gasteiger partial charge in [-0.05, 0) is 100 Å². The fourth-order valence-corrected chi connectivity index (χ4v) is 7.51. The van der Waals surface area contributed by atoms with Crippen LogP contribution in [0.2, 0.25) is 0 Å². The van der Waals surface area contributed by atoms with Gasteiger partial charge in [0.1, 0.15) is 0 Å². The molecule has 1 heterocycles. The van der Waals surface area contributed by atoms with Crippen molar-refractivity contribution in [3.63, 3.8) is 0 Å². The highest BCUT2D eigenvalue weighted by Gasteiger charge is 2.50. The molecular formula is C29H46O3. The molecule has 180 valence electrons. The van der Waals surface area contributed by atoms with Gasteiger partial charge in [0.25, 0.3) is 0 Å². The Balaban J connectivity index is 1.42. The van der Waals surface area contributed by atoms with Crippen LogP contribution in [-0.2, 0) is 4.74 Å². The maximum atomic E-state index is 10.6. The molecule has 2 unspecified atom stereocenters. The van der Waals surface area contributed by atoms with E-state index in [9.17, 15) is 10.2 Å². The maximum absolute atomic E-state index is 10.6. The Morgan fingerprint density at radius 1 is 1.25 bits per heavy atom. The lowest BCUT2D eigenvalue weighted by atomic mass is 9.60. The van der Waals surface area contributed by atoms with Crippen molar-refractivity contribution in [3.8, 4) is 0 Å². The van der Waals surface area contributed by atoms with Gasteiger partial charge in [0, 0.05) is 0 Å². The number of aliphatic hydroxyl groups excluding tert-OH is 1. The predicted octanol–water partition coefficient (Wildman–Crippen LogP) is 6.50. The van der Waals surface area contributed by atoms with Crippen LogP contribution in [0.5, 0.6) is 0 Å². The average molecular weight is 443 g/mol. The van der Waals surface area contributed by atoms with E-state index in [0.29, 0.717) is 11.3 Å². The van der Waals surface area contributed by atoms with Gasteiger partial charge in [0.05, 0.1) is 24.4 Å². The minimum atomic E-state index is -0.540. The van der Waals surface area contributed by atoms with Gasteiger partial charge in [0.2, 0.25) is 0 Å². The molecule has 3 fully saturated rings. The average Bonchev–Trinajstić information content (AvgIpc) is 3.09. The van der Waals surface area contributed by atoms with Gasteiger partial charge in [-0.1, -0.05) is 56.1 Å². The molecule has 32 heavy (non-hydrogen) atoms. The maximum Gasteiger partial charge on any atom is 0.0847 e. The van der Waals surface area contributed by atoms with E-state index in [1.807, 2.05) is 13.8 Å². The summed E-state index contributed by atoms with van der Waals surface area (Å²) < 4.78 is 5.95. The fraction of sp³-hybridized carbons (Fsp3) is 0.793. The monoisotopic (exact) mass is 442 g/mol. The number of hydrogen-bond donors (Lipinski definition) is 2. The van der Waals surface area contributed by atoms with Crippen molar-refractivity contribution in [1.82, 2.24) is 0 Å². The lowest BCUT2D eigenvalue weighted by Gasteiger charge is -2.44. The number of ether oxygens (including phenoxy) is 1. The number of hydrogen-bond acceptors (Lipinski definition) is 3. The van der Waals surface area contributed by atoms with Crippen LogP contribution in [0, 0.1) is 23.2 Å². The molecule has 3 heteroatoms. The van der Waals surface area contributed by atoms with Gasteiger partial charge < -0.3 is 14.9 Å². The number of aliphatic hydroxyl groups is 2. The summed E-state index contributed by atoms with van der Waals surface area (Å²) in [6.45, 7) is 9.67. The van der Waals surface area contributed by atoms with Crippen molar-refractivity contribution in [3.05, 3.63) is 34.9 Å². The van der Waals surface area contributed by atoms with Crippen LogP contribution in [0.1, 0.15) is 98.3 Å². The zero-order valence-corrected chi connectivity index (χ0v) is 20.9. The van der Waals surface area contributed by atoms with E-state index in [-0.39, 0.29) is 12.2 Å². The number of allylic oxidation sites excluding steroid dienone is 3. The lowest BCUT2D eigenvalue weighted by Crippen LogP contribution is -2.36. The summed E-state index contributed by atoms with van der Waals surface area (Å²) >= 11 is 0. The topological polar surface area (TPSA) is 49.7 Å². The zero-order chi connectivity index (χ0) is 22.9. The molecule has 0 aromatic rings. The number of rotatable bonds is 6. The van der Waals surface area contributed by atoms with Gasteiger partial charge >= 0.3 is 0 Å². The number of fused-ring (bicyclic) bond motifs is 2. The molecule has 0 aromatic heterocycles.